The fourth-order valence-electron chi connectivity index (χ4n) is 3.60. The van der Waals surface area contributed by atoms with Crippen molar-refractivity contribution in [2.24, 2.45) is 5.92 Å². The van der Waals surface area contributed by atoms with E-state index in [-0.39, 0.29) is 24.2 Å². The molecule has 0 bridgehead atoms. The Bertz CT molecular complexity index is 1020. The standard InChI is InChI=1S/C23H24N4O2S/c1-30-21-4-2-3-20(12-21)27-15-19(11-22(27)28)23(29)25-13-17-5-7-18(8-6-17)14-26-10-9-24-16-26/h2-10,12,16,19H,11,13-15H2,1H3,(H,25,29). The molecule has 1 unspecified atom stereocenters. The van der Waals surface area contributed by atoms with Crippen molar-refractivity contribution in [1.82, 2.24) is 14.9 Å². The molecule has 1 aliphatic heterocycles. The largest absolute Gasteiger partial charge is 0.352 e. The third-order valence-electron chi connectivity index (χ3n) is 5.27. The van der Waals surface area contributed by atoms with Crippen LogP contribution >= 0.6 is 11.8 Å². The molecule has 1 N–H and O–H groups in total. The van der Waals surface area contributed by atoms with Crippen LogP contribution in [0, 0.1) is 5.92 Å². The van der Waals surface area contributed by atoms with Crippen molar-refractivity contribution in [3.8, 4) is 0 Å². The van der Waals surface area contributed by atoms with Crippen LogP contribution < -0.4 is 10.2 Å². The Kier molecular flexibility index (Phi) is 6.18. The van der Waals surface area contributed by atoms with E-state index in [1.165, 1.54) is 5.56 Å². The first-order valence-electron chi connectivity index (χ1n) is 9.88. The lowest BCUT2D eigenvalue weighted by Crippen LogP contribution is -2.32. The topological polar surface area (TPSA) is 67.2 Å². The molecule has 30 heavy (non-hydrogen) atoms. The highest BCUT2D eigenvalue weighted by Gasteiger charge is 2.35. The number of imidazole rings is 1. The van der Waals surface area contributed by atoms with Crippen LogP contribution in [0.2, 0.25) is 0 Å². The van der Waals surface area contributed by atoms with Crippen LogP contribution in [0.4, 0.5) is 5.69 Å². The van der Waals surface area contributed by atoms with Crippen LogP contribution in [-0.2, 0) is 22.7 Å². The zero-order valence-electron chi connectivity index (χ0n) is 16.8. The van der Waals surface area contributed by atoms with E-state index in [0.717, 1.165) is 22.7 Å². The fraction of sp³-hybridized carbons (Fsp3) is 0.261. The van der Waals surface area contributed by atoms with Crippen molar-refractivity contribution < 1.29 is 9.59 Å². The predicted octanol–water partition coefficient (Wildman–Crippen LogP) is 3.32. The smallest absolute Gasteiger partial charge is 0.227 e. The molecule has 154 valence electrons. The SMILES string of the molecule is CSc1cccc(N2CC(C(=O)NCc3ccc(Cn4ccnc4)cc3)CC2=O)c1. The minimum Gasteiger partial charge on any atom is -0.352 e. The minimum absolute atomic E-state index is 0.00254. The van der Waals surface area contributed by atoms with Crippen molar-refractivity contribution in [3.05, 3.63) is 78.4 Å². The summed E-state index contributed by atoms with van der Waals surface area (Å²) in [5.41, 5.74) is 3.06. The van der Waals surface area contributed by atoms with Gasteiger partial charge in [0.25, 0.3) is 0 Å². The maximum absolute atomic E-state index is 12.6. The number of carbonyl (C=O) groups excluding carboxylic acids is 2. The molecule has 2 heterocycles. The third-order valence-corrected chi connectivity index (χ3v) is 6.00. The number of hydrogen-bond donors (Lipinski definition) is 1. The summed E-state index contributed by atoms with van der Waals surface area (Å²) in [5.74, 6) is -0.400. The van der Waals surface area contributed by atoms with Crippen LogP contribution in [-0.4, -0.2) is 34.2 Å². The summed E-state index contributed by atoms with van der Waals surface area (Å²) in [7, 11) is 0. The number of aromatic nitrogens is 2. The highest BCUT2D eigenvalue weighted by molar-refractivity contribution is 7.98. The number of carbonyl (C=O) groups is 2. The van der Waals surface area contributed by atoms with Crippen molar-refractivity contribution in [3.63, 3.8) is 0 Å². The second-order valence-electron chi connectivity index (χ2n) is 7.38. The number of nitrogens with zero attached hydrogens (tertiary/aromatic N) is 3. The number of benzene rings is 2. The average Bonchev–Trinajstić information content (AvgIpc) is 3.42. The molecule has 2 amide bonds. The molecule has 2 aromatic carbocycles. The first-order valence-corrected chi connectivity index (χ1v) is 11.1. The van der Waals surface area contributed by atoms with E-state index in [4.69, 9.17) is 0 Å². The van der Waals surface area contributed by atoms with Crippen molar-refractivity contribution >= 4 is 29.3 Å². The van der Waals surface area contributed by atoms with Gasteiger partial charge >= 0.3 is 0 Å². The van der Waals surface area contributed by atoms with Gasteiger partial charge < -0.3 is 14.8 Å². The Morgan fingerprint density at radius 2 is 2.00 bits per heavy atom. The van der Waals surface area contributed by atoms with Crippen molar-refractivity contribution in [2.75, 3.05) is 17.7 Å². The Labute approximate surface area is 180 Å². The van der Waals surface area contributed by atoms with Gasteiger partial charge in [-0.1, -0.05) is 30.3 Å². The van der Waals surface area contributed by atoms with E-state index in [1.807, 2.05) is 53.4 Å². The lowest BCUT2D eigenvalue weighted by Gasteiger charge is -2.17. The molecule has 0 radical (unpaired) electrons. The van der Waals surface area contributed by atoms with Crippen LogP contribution in [0.1, 0.15) is 17.5 Å². The zero-order chi connectivity index (χ0) is 20.9. The molecule has 4 rings (SSSR count). The second kappa shape index (κ2) is 9.17. The Hall–Kier alpha value is -3.06. The maximum atomic E-state index is 12.6. The van der Waals surface area contributed by atoms with Gasteiger partial charge in [-0.05, 0) is 35.6 Å². The summed E-state index contributed by atoms with van der Waals surface area (Å²) < 4.78 is 2.01. The first kappa shape index (κ1) is 20.2. The molecular formula is C23H24N4O2S. The molecule has 0 aliphatic carbocycles. The summed E-state index contributed by atoms with van der Waals surface area (Å²) in [6.07, 6.45) is 7.73. The summed E-state index contributed by atoms with van der Waals surface area (Å²) >= 11 is 1.64. The number of amides is 2. The Morgan fingerprint density at radius 3 is 2.73 bits per heavy atom. The monoisotopic (exact) mass is 420 g/mol. The summed E-state index contributed by atoms with van der Waals surface area (Å²) in [6, 6.07) is 16.0. The van der Waals surface area contributed by atoms with Gasteiger partial charge in [-0.2, -0.15) is 0 Å². The van der Waals surface area contributed by atoms with E-state index < -0.39 is 0 Å². The van der Waals surface area contributed by atoms with Gasteiger partial charge in [-0.15, -0.1) is 11.8 Å². The summed E-state index contributed by atoms with van der Waals surface area (Å²) in [6.45, 7) is 1.65. The second-order valence-corrected chi connectivity index (χ2v) is 8.26. The molecule has 0 spiro atoms. The normalized spacial score (nSPS) is 16.1. The number of rotatable bonds is 7. The number of nitrogens with one attached hydrogen (secondary N) is 1. The van der Waals surface area contributed by atoms with Gasteiger partial charge in [0.15, 0.2) is 0 Å². The molecule has 1 aromatic heterocycles. The van der Waals surface area contributed by atoms with Crippen molar-refractivity contribution in [1.29, 1.82) is 0 Å². The quantitative estimate of drug-likeness (QED) is 0.596. The molecule has 0 saturated carbocycles. The molecule has 1 fully saturated rings. The van der Waals surface area contributed by atoms with Crippen LogP contribution in [0.15, 0.2) is 72.1 Å². The van der Waals surface area contributed by atoms with Crippen molar-refractivity contribution in [2.45, 2.75) is 24.4 Å². The molecule has 6 nitrogen and oxygen atoms in total. The highest BCUT2D eigenvalue weighted by Crippen LogP contribution is 2.28. The van der Waals surface area contributed by atoms with Gasteiger partial charge in [0.05, 0.1) is 12.2 Å². The molecule has 1 aliphatic rings. The Balaban J connectivity index is 1.31. The lowest BCUT2D eigenvalue weighted by molar-refractivity contribution is -0.126. The maximum Gasteiger partial charge on any atom is 0.227 e. The molecule has 7 heteroatoms. The van der Waals surface area contributed by atoms with E-state index >= 15 is 0 Å². The van der Waals surface area contributed by atoms with Crippen LogP contribution in [0.3, 0.4) is 0 Å². The fourth-order valence-corrected chi connectivity index (χ4v) is 4.05. The van der Waals surface area contributed by atoms with Gasteiger partial charge in [-0.25, -0.2) is 4.98 Å². The number of anilines is 1. The third kappa shape index (κ3) is 4.74. The Morgan fingerprint density at radius 1 is 1.20 bits per heavy atom. The minimum atomic E-state index is -0.323. The first-order chi connectivity index (χ1) is 14.6. The summed E-state index contributed by atoms with van der Waals surface area (Å²) in [5, 5.41) is 2.98. The lowest BCUT2D eigenvalue weighted by atomic mass is 10.1. The van der Waals surface area contributed by atoms with E-state index in [2.05, 4.69) is 22.4 Å². The van der Waals surface area contributed by atoms with Gasteiger partial charge in [0, 0.05) is 49.0 Å². The van der Waals surface area contributed by atoms with Gasteiger partial charge in [-0.3, -0.25) is 9.59 Å². The number of thioether (sulfide) groups is 1. The number of hydrogen-bond acceptors (Lipinski definition) is 4. The highest BCUT2D eigenvalue weighted by atomic mass is 32.2. The van der Waals surface area contributed by atoms with E-state index in [1.54, 1.807) is 29.2 Å². The average molecular weight is 421 g/mol. The summed E-state index contributed by atoms with van der Waals surface area (Å²) in [4.78, 5) is 32.0. The predicted molar refractivity (Wildman–Crippen MR) is 118 cm³/mol. The molecule has 1 saturated heterocycles. The molecule has 3 aromatic rings. The van der Waals surface area contributed by atoms with Crippen LogP contribution in [0.25, 0.3) is 0 Å². The molecular weight excluding hydrogens is 396 g/mol. The molecule has 1 atom stereocenters. The zero-order valence-corrected chi connectivity index (χ0v) is 17.6. The van der Waals surface area contributed by atoms with E-state index in [9.17, 15) is 9.59 Å². The van der Waals surface area contributed by atoms with Gasteiger partial charge in [0.1, 0.15) is 0 Å². The van der Waals surface area contributed by atoms with Gasteiger partial charge in [0.2, 0.25) is 11.8 Å². The van der Waals surface area contributed by atoms with E-state index in [0.29, 0.717) is 13.1 Å². The van der Waals surface area contributed by atoms with Crippen LogP contribution in [0.5, 0.6) is 0 Å².